The molecule has 296 valence electrons. The number of hydrogen-bond acceptors (Lipinski definition) is 7. The molecule has 1 unspecified atom stereocenters. The van der Waals surface area contributed by atoms with E-state index in [9.17, 15) is 47.4 Å². The third-order valence-corrected chi connectivity index (χ3v) is 8.86. The Hall–Kier alpha value is -6.59. The molecule has 1 heterocycles. The van der Waals surface area contributed by atoms with E-state index in [4.69, 9.17) is 5.11 Å². The molecule has 18 heteroatoms. The second kappa shape index (κ2) is 17.7. The van der Waals surface area contributed by atoms with Gasteiger partial charge < -0.3 is 30.3 Å². The van der Waals surface area contributed by atoms with Gasteiger partial charge in [-0.3, -0.25) is 28.5 Å². The summed E-state index contributed by atoms with van der Waals surface area (Å²) in [6, 6.07) is 7.41. The summed E-state index contributed by atoms with van der Waals surface area (Å²) in [6.45, 7) is 1.41. The molecule has 0 fully saturated rings. The van der Waals surface area contributed by atoms with Crippen LogP contribution in [0.4, 0.5) is 17.6 Å². The summed E-state index contributed by atoms with van der Waals surface area (Å²) < 4.78 is 62.6. The molecule has 3 aromatic carbocycles. The van der Waals surface area contributed by atoms with Crippen LogP contribution < -0.4 is 21.9 Å². The highest BCUT2D eigenvalue weighted by Crippen LogP contribution is 2.23. The van der Waals surface area contributed by atoms with Crippen LogP contribution in [-0.4, -0.2) is 66.5 Å². The first-order valence-electron chi connectivity index (χ1n) is 17.0. The van der Waals surface area contributed by atoms with Crippen molar-refractivity contribution in [1.29, 1.82) is 0 Å². The zero-order valence-corrected chi connectivity index (χ0v) is 30.5. The van der Waals surface area contributed by atoms with Gasteiger partial charge in [-0.05, 0) is 59.9 Å². The van der Waals surface area contributed by atoms with Crippen LogP contribution in [0.2, 0.25) is 0 Å². The molecule has 0 aliphatic heterocycles. The third-order valence-electron chi connectivity index (χ3n) is 8.86. The van der Waals surface area contributed by atoms with Crippen molar-refractivity contribution in [2.75, 3.05) is 6.54 Å². The van der Waals surface area contributed by atoms with Crippen LogP contribution in [0.15, 0.2) is 58.1 Å². The van der Waals surface area contributed by atoms with E-state index in [0.717, 1.165) is 33.7 Å². The Labute approximate surface area is 316 Å². The summed E-state index contributed by atoms with van der Waals surface area (Å²) in [5.41, 5.74) is -2.05. The SMILES string of the molecule is CCCC(=O)N(Cc1cc(F)c(C(=O)NCC(=O)O)c(F)c1)Cc1cc(F)c(C(=O)NC(Cc2ccc(-c3c(C)n(C)c(=O)n(C)c3=O)cc2)C(=O)O)c(F)c1. The Morgan fingerprint density at radius 3 is 1.73 bits per heavy atom. The summed E-state index contributed by atoms with van der Waals surface area (Å²) in [5, 5.41) is 22.5. The van der Waals surface area contributed by atoms with Gasteiger partial charge in [0.25, 0.3) is 17.4 Å². The summed E-state index contributed by atoms with van der Waals surface area (Å²) in [6.07, 6.45) is -0.0421. The van der Waals surface area contributed by atoms with Gasteiger partial charge in [-0.25, -0.2) is 27.2 Å². The van der Waals surface area contributed by atoms with Gasteiger partial charge in [0.1, 0.15) is 47.0 Å². The summed E-state index contributed by atoms with van der Waals surface area (Å²) in [4.78, 5) is 87.0. The maximum absolute atomic E-state index is 15.4. The highest BCUT2D eigenvalue weighted by atomic mass is 19.1. The van der Waals surface area contributed by atoms with Crippen molar-refractivity contribution in [1.82, 2.24) is 24.7 Å². The van der Waals surface area contributed by atoms with Crippen LogP contribution in [-0.2, 0) is 48.0 Å². The highest BCUT2D eigenvalue weighted by Gasteiger charge is 2.27. The van der Waals surface area contributed by atoms with E-state index in [1.807, 2.05) is 5.32 Å². The van der Waals surface area contributed by atoms with Gasteiger partial charge in [0.15, 0.2) is 0 Å². The molecule has 14 nitrogen and oxygen atoms in total. The molecule has 0 aliphatic rings. The van der Waals surface area contributed by atoms with E-state index in [2.05, 4.69) is 5.32 Å². The molecule has 56 heavy (non-hydrogen) atoms. The lowest BCUT2D eigenvalue weighted by molar-refractivity contribution is -0.139. The highest BCUT2D eigenvalue weighted by molar-refractivity contribution is 5.97. The number of nitrogens with zero attached hydrogens (tertiary/aromatic N) is 3. The Bertz CT molecular complexity index is 2300. The van der Waals surface area contributed by atoms with Gasteiger partial charge >= 0.3 is 17.6 Å². The van der Waals surface area contributed by atoms with Crippen LogP contribution in [0.5, 0.6) is 0 Å². The van der Waals surface area contributed by atoms with Crippen molar-refractivity contribution in [2.45, 2.75) is 52.2 Å². The molecule has 4 N–H and O–H groups in total. The molecule has 0 spiro atoms. The normalized spacial score (nSPS) is 11.5. The number of carboxylic acids is 2. The molecule has 4 aromatic rings. The fraction of sp³-hybridized carbons (Fsp3) is 0.289. The van der Waals surface area contributed by atoms with Crippen LogP contribution >= 0.6 is 0 Å². The second-order valence-electron chi connectivity index (χ2n) is 12.9. The molecule has 4 rings (SSSR count). The molecular weight excluding hydrogens is 746 g/mol. The number of carbonyl (C=O) groups excluding carboxylic acids is 3. The monoisotopic (exact) mass is 783 g/mol. The number of carbonyl (C=O) groups is 5. The van der Waals surface area contributed by atoms with E-state index >= 15 is 8.78 Å². The number of amides is 3. The second-order valence-corrected chi connectivity index (χ2v) is 12.9. The van der Waals surface area contributed by atoms with Crippen molar-refractivity contribution < 1.29 is 51.7 Å². The van der Waals surface area contributed by atoms with E-state index in [-0.39, 0.29) is 29.5 Å². The lowest BCUT2D eigenvalue weighted by atomic mass is 10.00. The number of halogens is 4. The first-order chi connectivity index (χ1) is 26.3. The molecular formula is C38H37F4N5O9. The van der Waals surface area contributed by atoms with E-state index in [1.165, 1.54) is 42.9 Å². The van der Waals surface area contributed by atoms with Gasteiger partial charge in [0.05, 0.1) is 5.56 Å². The largest absolute Gasteiger partial charge is 0.480 e. The topological polar surface area (TPSA) is 197 Å². The van der Waals surface area contributed by atoms with Crippen molar-refractivity contribution in [3.8, 4) is 11.1 Å². The van der Waals surface area contributed by atoms with Crippen LogP contribution in [0.25, 0.3) is 11.1 Å². The zero-order chi connectivity index (χ0) is 41.6. The van der Waals surface area contributed by atoms with Gasteiger partial charge in [-0.1, -0.05) is 31.2 Å². The Morgan fingerprint density at radius 1 is 0.768 bits per heavy atom. The number of rotatable bonds is 15. The lowest BCUT2D eigenvalue weighted by Gasteiger charge is -2.24. The van der Waals surface area contributed by atoms with Crippen LogP contribution in [0.3, 0.4) is 0 Å². The molecule has 0 aliphatic carbocycles. The average Bonchev–Trinajstić information content (AvgIpc) is 3.12. The fourth-order valence-electron chi connectivity index (χ4n) is 5.91. The van der Waals surface area contributed by atoms with E-state index in [1.54, 1.807) is 13.8 Å². The minimum absolute atomic E-state index is 0.0588. The molecule has 0 bridgehead atoms. The number of hydrogen-bond donors (Lipinski definition) is 4. The van der Waals surface area contributed by atoms with E-state index < -0.39 is 101 Å². The number of aliphatic carboxylic acids is 2. The van der Waals surface area contributed by atoms with Gasteiger partial charge in [0.2, 0.25) is 5.91 Å². The predicted octanol–water partition coefficient (Wildman–Crippen LogP) is 3.18. The molecule has 1 aromatic heterocycles. The smallest absolute Gasteiger partial charge is 0.330 e. The number of benzene rings is 3. The van der Waals surface area contributed by atoms with Gasteiger partial charge in [0, 0.05) is 45.7 Å². The van der Waals surface area contributed by atoms with Crippen molar-refractivity contribution in [2.24, 2.45) is 14.1 Å². The molecule has 0 radical (unpaired) electrons. The predicted molar refractivity (Wildman–Crippen MR) is 192 cm³/mol. The minimum atomic E-state index is -1.66. The first-order valence-corrected chi connectivity index (χ1v) is 17.0. The molecule has 0 saturated carbocycles. The van der Waals surface area contributed by atoms with E-state index in [0.29, 0.717) is 23.2 Å². The molecule has 3 amide bonds. The van der Waals surface area contributed by atoms with Crippen molar-refractivity contribution >= 4 is 29.7 Å². The Balaban J connectivity index is 1.52. The quantitative estimate of drug-likeness (QED) is 0.131. The lowest BCUT2D eigenvalue weighted by Crippen LogP contribution is -2.43. The minimum Gasteiger partial charge on any atom is -0.480 e. The summed E-state index contributed by atoms with van der Waals surface area (Å²) >= 11 is 0. The fourth-order valence-corrected chi connectivity index (χ4v) is 5.91. The van der Waals surface area contributed by atoms with Gasteiger partial charge in [-0.2, -0.15) is 0 Å². The summed E-state index contributed by atoms with van der Waals surface area (Å²) in [5.74, 6) is -11.7. The Morgan fingerprint density at radius 2 is 1.27 bits per heavy atom. The number of nitrogens with one attached hydrogen (secondary N) is 2. The van der Waals surface area contributed by atoms with Crippen LogP contribution in [0, 0.1) is 30.2 Å². The summed E-state index contributed by atoms with van der Waals surface area (Å²) in [7, 11) is 2.84. The van der Waals surface area contributed by atoms with Crippen molar-refractivity contribution in [3.63, 3.8) is 0 Å². The maximum Gasteiger partial charge on any atom is 0.330 e. The van der Waals surface area contributed by atoms with Crippen LogP contribution in [0.1, 0.15) is 62.9 Å². The number of carboxylic acid groups (broad SMARTS) is 2. The third kappa shape index (κ3) is 9.55. The van der Waals surface area contributed by atoms with Gasteiger partial charge in [-0.15, -0.1) is 0 Å². The first kappa shape index (κ1) is 42.2. The average molecular weight is 784 g/mol. The number of aromatic nitrogens is 2. The Kier molecular flexibility index (Phi) is 13.3. The van der Waals surface area contributed by atoms with Crippen molar-refractivity contribution in [3.05, 3.63) is 126 Å². The standard InChI is InChI=1S/C38H37F4N5O9/c1-5-6-29(48)47(17-21-11-24(39)32(25(40)12-21)34(51)43-16-30(49)50)18-22-13-26(41)33(27(42)14-22)35(52)44-28(37(54)55)15-20-7-9-23(10-8-20)31-19(2)45(3)38(56)46(4)36(31)53/h7-14,28H,5-6,15-18H2,1-4H3,(H,43,51)(H,44,52)(H,49,50)(H,54,55). The molecule has 1 atom stereocenters. The zero-order valence-electron chi connectivity index (χ0n) is 30.5. The molecule has 0 saturated heterocycles. The maximum atomic E-state index is 15.4.